The minimum absolute atomic E-state index is 0. The Bertz CT molecular complexity index is 665. The molecule has 5 N–H and O–H groups in total. The highest BCUT2D eigenvalue weighted by Gasteiger charge is 2.21. The Labute approximate surface area is 152 Å². The van der Waals surface area contributed by atoms with Gasteiger partial charge in [-0.15, -0.1) is 12.4 Å². The first-order valence-corrected chi connectivity index (χ1v) is 9.24. The fraction of sp³-hybridized carbons (Fsp3) is 0.500. The molecule has 1 amide bonds. The average Bonchev–Trinajstić information content (AvgIpc) is 2.38. The van der Waals surface area contributed by atoms with Gasteiger partial charge in [-0.05, 0) is 37.0 Å². The van der Waals surface area contributed by atoms with Gasteiger partial charge in [0.2, 0.25) is 10.0 Å². The number of benzene rings is 1. The third kappa shape index (κ3) is 6.39. The molecule has 0 bridgehead atoms. The van der Waals surface area contributed by atoms with Crippen molar-refractivity contribution in [1.29, 1.82) is 0 Å². The maximum absolute atomic E-state index is 12.4. The third-order valence-corrected chi connectivity index (χ3v) is 4.75. The van der Waals surface area contributed by atoms with Crippen LogP contribution in [0.4, 0.5) is 0 Å². The van der Waals surface area contributed by atoms with Crippen LogP contribution in [0.3, 0.4) is 0 Å². The maximum atomic E-state index is 12.4. The molecular formula is C14H23BrClN3O3S. The van der Waals surface area contributed by atoms with E-state index in [0.717, 1.165) is 6.42 Å². The molecule has 23 heavy (non-hydrogen) atoms. The Hall–Kier alpha value is -0.670. The Balaban J connectivity index is 0.00000484. The summed E-state index contributed by atoms with van der Waals surface area (Å²) in [6.45, 7) is 5.95. The number of nitrogens with two attached hydrogens (primary N) is 2. The molecule has 0 fully saturated rings. The summed E-state index contributed by atoms with van der Waals surface area (Å²) in [5, 5.41) is 8.03. The molecule has 0 aromatic heterocycles. The number of rotatable bonds is 6. The predicted molar refractivity (Wildman–Crippen MR) is 97.3 cm³/mol. The van der Waals surface area contributed by atoms with Crippen LogP contribution < -0.4 is 16.2 Å². The van der Waals surface area contributed by atoms with Crippen LogP contribution in [0, 0.1) is 12.8 Å². The lowest BCUT2D eigenvalue weighted by Gasteiger charge is -2.20. The van der Waals surface area contributed by atoms with Gasteiger partial charge in [-0.25, -0.2) is 13.6 Å². The van der Waals surface area contributed by atoms with Gasteiger partial charge in [0, 0.05) is 22.6 Å². The molecule has 0 aliphatic carbocycles. The molecule has 0 spiro atoms. The van der Waals surface area contributed by atoms with Crippen LogP contribution >= 0.6 is 28.3 Å². The SMILES string of the molecule is Cc1c(C(=O)NC(CN)CC(C)C)cc(Br)cc1S(N)(=O)=O.Cl. The second-order valence-corrected chi connectivity index (χ2v) is 8.10. The normalized spacial score (nSPS) is 12.7. The summed E-state index contributed by atoms with van der Waals surface area (Å²) < 4.78 is 23.7. The topological polar surface area (TPSA) is 115 Å². The van der Waals surface area contributed by atoms with E-state index in [0.29, 0.717) is 22.5 Å². The summed E-state index contributed by atoms with van der Waals surface area (Å²) in [6.07, 6.45) is 0.747. The highest BCUT2D eigenvalue weighted by molar-refractivity contribution is 9.10. The number of carbonyl (C=O) groups is 1. The van der Waals surface area contributed by atoms with Crippen LogP contribution in [-0.4, -0.2) is 26.9 Å². The summed E-state index contributed by atoms with van der Waals surface area (Å²) in [7, 11) is -3.90. The van der Waals surface area contributed by atoms with Crippen LogP contribution in [0.1, 0.15) is 36.2 Å². The largest absolute Gasteiger partial charge is 0.348 e. The van der Waals surface area contributed by atoms with Crippen LogP contribution in [0.2, 0.25) is 0 Å². The van der Waals surface area contributed by atoms with Crippen molar-refractivity contribution in [3.8, 4) is 0 Å². The van der Waals surface area contributed by atoms with E-state index in [1.54, 1.807) is 13.0 Å². The zero-order chi connectivity index (χ0) is 17.1. The lowest BCUT2D eigenvalue weighted by Crippen LogP contribution is -2.41. The minimum Gasteiger partial charge on any atom is -0.348 e. The summed E-state index contributed by atoms with van der Waals surface area (Å²) in [4.78, 5) is 12.4. The molecule has 0 saturated heterocycles. The standard InChI is InChI=1S/C14H22BrN3O3S.ClH/c1-8(2)4-11(7-16)18-14(19)12-5-10(15)6-13(9(12)3)22(17,20)21;/h5-6,8,11H,4,7,16H2,1-3H3,(H,18,19)(H2,17,20,21);1H. The molecule has 1 unspecified atom stereocenters. The highest BCUT2D eigenvalue weighted by atomic mass is 79.9. The quantitative estimate of drug-likeness (QED) is 0.642. The second kappa shape index (κ2) is 8.98. The monoisotopic (exact) mass is 427 g/mol. The molecule has 1 aromatic carbocycles. The Morgan fingerprint density at radius 1 is 1.35 bits per heavy atom. The zero-order valence-electron chi connectivity index (χ0n) is 13.3. The summed E-state index contributed by atoms with van der Waals surface area (Å²) in [6, 6.07) is 2.79. The van der Waals surface area contributed by atoms with Crippen molar-refractivity contribution in [1.82, 2.24) is 5.32 Å². The first-order chi connectivity index (χ1) is 10.1. The van der Waals surface area contributed by atoms with Crippen molar-refractivity contribution in [3.05, 3.63) is 27.7 Å². The maximum Gasteiger partial charge on any atom is 0.251 e. The van der Waals surface area contributed by atoms with Crippen LogP contribution in [-0.2, 0) is 10.0 Å². The Morgan fingerprint density at radius 3 is 2.35 bits per heavy atom. The van der Waals surface area contributed by atoms with E-state index in [1.807, 2.05) is 13.8 Å². The number of primary sulfonamides is 1. The minimum atomic E-state index is -3.90. The first kappa shape index (κ1) is 22.3. The van der Waals surface area contributed by atoms with Gasteiger partial charge < -0.3 is 11.1 Å². The number of amides is 1. The smallest absolute Gasteiger partial charge is 0.251 e. The van der Waals surface area contributed by atoms with Gasteiger partial charge in [-0.3, -0.25) is 4.79 Å². The number of nitrogens with one attached hydrogen (secondary N) is 1. The van der Waals surface area contributed by atoms with Gasteiger partial charge in [0.15, 0.2) is 0 Å². The molecule has 9 heteroatoms. The number of sulfonamides is 1. The highest BCUT2D eigenvalue weighted by Crippen LogP contribution is 2.24. The van der Waals surface area contributed by atoms with Crippen LogP contribution in [0.5, 0.6) is 0 Å². The van der Waals surface area contributed by atoms with Gasteiger partial charge in [-0.1, -0.05) is 29.8 Å². The van der Waals surface area contributed by atoms with E-state index < -0.39 is 10.0 Å². The number of hydrogen-bond donors (Lipinski definition) is 3. The summed E-state index contributed by atoms with van der Waals surface area (Å²) >= 11 is 3.21. The van der Waals surface area contributed by atoms with E-state index in [9.17, 15) is 13.2 Å². The Morgan fingerprint density at radius 2 is 1.91 bits per heavy atom. The molecule has 0 radical (unpaired) electrons. The fourth-order valence-electron chi connectivity index (χ4n) is 2.23. The van der Waals surface area contributed by atoms with Crippen molar-refractivity contribution in [2.24, 2.45) is 16.8 Å². The van der Waals surface area contributed by atoms with E-state index in [4.69, 9.17) is 10.9 Å². The van der Waals surface area contributed by atoms with Crippen molar-refractivity contribution in [2.45, 2.75) is 38.1 Å². The molecule has 0 aliphatic rings. The number of carbonyl (C=O) groups excluding carboxylic acids is 1. The van der Waals surface area contributed by atoms with Gasteiger partial charge >= 0.3 is 0 Å². The zero-order valence-corrected chi connectivity index (χ0v) is 16.5. The lowest BCUT2D eigenvalue weighted by atomic mass is 10.0. The van der Waals surface area contributed by atoms with Gasteiger partial charge in [0.1, 0.15) is 0 Å². The molecule has 6 nitrogen and oxygen atoms in total. The first-order valence-electron chi connectivity index (χ1n) is 6.90. The van der Waals surface area contributed by atoms with E-state index in [-0.39, 0.29) is 34.8 Å². The third-order valence-electron chi connectivity index (χ3n) is 3.25. The van der Waals surface area contributed by atoms with Crippen LogP contribution in [0.25, 0.3) is 0 Å². The van der Waals surface area contributed by atoms with E-state index in [2.05, 4.69) is 21.2 Å². The number of hydrogen-bond acceptors (Lipinski definition) is 4. The van der Waals surface area contributed by atoms with Crippen molar-refractivity contribution in [3.63, 3.8) is 0 Å². The van der Waals surface area contributed by atoms with Crippen molar-refractivity contribution in [2.75, 3.05) is 6.54 Å². The molecule has 132 valence electrons. The summed E-state index contributed by atoms with van der Waals surface area (Å²) in [5.74, 6) is 0.0252. The second-order valence-electron chi connectivity index (χ2n) is 5.66. The predicted octanol–water partition coefficient (Wildman–Crippen LogP) is 1.93. The molecule has 1 rings (SSSR count). The van der Waals surface area contributed by atoms with E-state index >= 15 is 0 Å². The molecule has 0 saturated carbocycles. The van der Waals surface area contributed by atoms with Crippen LogP contribution in [0.15, 0.2) is 21.5 Å². The Kier molecular flexibility index (Phi) is 8.72. The summed E-state index contributed by atoms with van der Waals surface area (Å²) in [5.41, 5.74) is 6.26. The van der Waals surface area contributed by atoms with Crippen molar-refractivity contribution >= 4 is 44.3 Å². The van der Waals surface area contributed by atoms with Gasteiger partial charge in [0.05, 0.1) is 4.90 Å². The van der Waals surface area contributed by atoms with Gasteiger partial charge in [0.25, 0.3) is 5.91 Å². The van der Waals surface area contributed by atoms with Gasteiger partial charge in [-0.2, -0.15) is 0 Å². The molecule has 0 aliphatic heterocycles. The molecular weight excluding hydrogens is 406 g/mol. The van der Waals surface area contributed by atoms with Crippen molar-refractivity contribution < 1.29 is 13.2 Å². The number of halogens is 2. The average molecular weight is 429 g/mol. The molecule has 1 aromatic rings. The molecule has 0 heterocycles. The fourth-order valence-corrected chi connectivity index (χ4v) is 3.67. The molecule has 1 atom stereocenters. The van der Waals surface area contributed by atoms with E-state index in [1.165, 1.54) is 6.07 Å². The lowest BCUT2D eigenvalue weighted by molar-refractivity contribution is 0.0933.